The van der Waals surface area contributed by atoms with Gasteiger partial charge in [0, 0.05) is 24.5 Å². The van der Waals surface area contributed by atoms with Gasteiger partial charge in [-0.2, -0.15) is 0 Å². The lowest BCUT2D eigenvalue weighted by Gasteiger charge is -2.22. The van der Waals surface area contributed by atoms with Crippen LogP contribution < -0.4 is 9.62 Å². The molecule has 0 spiro atoms. The smallest absolute Gasteiger partial charge is 0.232 e. The van der Waals surface area contributed by atoms with Gasteiger partial charge in [-0.05, 0) is 31.0 Å². The first-order chi connectivity index (χ1) is 9.84. The van der Waals surface area contributed by atoms with Crippen molar-refractivity contribution in [3.8, 4) is 0 Å². The van der Waals surface area contributed by atoms with Crippen LogP contribution >= 0.6 is 11.6 Å². The lowest BCUT2D eigenvalue weighted by Crippen LogP contribution is -2.32. The van der Waals surface area contributed by atoms with E-state index in [1.165, 1.54) is 4.31 Å². The lowest BCUT2D eigenvalue weighted by molar-refractivity contribution is -0.121. The van der Waals surface area contributed by atoms with Gasteiger partial charge >= 0.3 is 0 Å². The van der Waals surface area contributed by atoms with Crippen LogP contribution in [0.3, 0.4) is 0 Å². The number of carbonyl (C=O) groups excluding carboxylic acids is 1. The molecule has 118 valence electrons. The molecule has 1 N–H and O–H groups in total. The molecule has 7 heteroatoms. The Morgan fingerprint density at radius 1 is 1.38 bits per heavy atom. The zero-order valence-electron chi connectivity index (χ0n) is 12.3. The van der Waals surface area contributed by atoms with Crippen LogP contribution in [0.15, 0.2) is 24.3 Å². The molecule has 1 amide bonds. The fraction of sp³-hybridized carbons (Fsp3) is 0.500. The minimum atomic E-state index is -3.41. The molecule has 0 radical (unpaired) electrons. The fourth-order valence-corrected chi connectivity index (χ4v) is 3.00. The Hall–Kier alpha value is -1.27. The van der Waals surface area contributed by atoms with E-state index in [1.807, 2.05) is 6.92 Å². The van der Waals surface area contributed by atoms with Crippen LogP contribution in [-0.2, 0) is 14.8 Å². The molecular formula is C14H21ClN2O3S. The summed E-state index contributed by atoms with van der Waals surface area (Å²) in [5, 5.41) is 3.24. The Morgan fingerprint density at radius 3 is 2.67 bits per heavy atom. The molecule has 0 atom stereocenters. The van der Waals surface area contributed by atoms with Gasteiger partial charge in [-0.15, -0.1) is 0 Å². The maximum Gasteiger partial charge on any atom is 0.232 e. The highest BCUT2D eigenvalue weighted by Crippen LogP contribution is 2.22. The van der Waals surface area contributed by atoms with Crippen LogP contribution in [0.1, 0.15) is 26.2 Å². The number of nitrogens with zero attached hydrogens (tertiary/aromatic N) is 1. The standard InChI is InChI=1S/C14H21ClN2O3S/c1-3-9-16-14(18)8-5-10-17(21(2,19)20)13-7-4-6-12(15)11-13/h4,6-7,11H,3,5,8-10H2,1-2H3,(H,16,18). The third kappa shape index (κ3) is 6.35. The number of benzene rings is 1. The summed E-state index contributed by atoms with van der Waals surface area (Å²) in [5.74, 6) is -0.0589. The van der Waals surface area contributed by atoms with E-state index in [0.29, 0.717) is 30.1 Å². The summed E-state index contributed by atoms with van der Waals surface area (Å²) < 4.78 is 25.0. The van der Waals surface area contributed by atoms with Gasteiger partial charge < -0.3 is 5.32 Å². The van der Waals surface area contributed by atoms with E-state index in [2.05, 4.69) is 5.32 Å². The number of nitrogens with one attached hydrogen (secondary N) is 1. The van der Waals surface area contributed by atoms with E-state index in [1.54, 1.807) is 24.3 Å². The van der Waals surface area contributed by atoms with Crippen LogP contribution in [0, 0.1) is 0 Å². The van der Waals surface area contributed by atoms with Gasteiger partial charge in [-0.3, -0.25) is 9.10 Å². The SMILES string of the molecule is CCCNC(=O)CCCN(c1cccc(Cl)c1)S(C)(=O)=O. The average Bonchev–Trinajstić information content (AvgIpc) is 2.39. The number of rotatable bonds is 8. The van der Waals surface area contributed by atoms with E-state index >= 15 is 0 Å². The highest BCUT2D eigenvalue weighted by atomic mass is 35.5. The van der Waals surface area contributed by atoms with Crippen molar-refractivity contribution < 1.29 is 13.2 Å². The Balaban J connectivity index is 2.67. The quantitative estimate of drug-likeness (QED) is 0.795. The minimum absolute atomic E-state index is 0.0589. The molecule has 0 saturated heterocycles. The second-order valence-electron chi connectivity index (χ2n) is 4.77. The summed E-state index contributed by atoms with van der Waals surface area (Å²) in [7, 11) is -3.41. The predicted molar refractivity (Wildman–Crippen MR) is 86.2 cm³/mol. The Labute approximate surface area is 131 Å². The molecule has 0 fully saturated rings. The van der Waals surface area contributed by atoms with Crippen molar-refractivity contribution in [2.24, 2.45) is 0 Å². The van der Waals surface area contributed by atoms with E-state index < -0.39 is 10.0 Å². The van der Waals surface area contributed by atoms with Crippen molar-refractivity contribution in [3.05, 3.63) is 29.3 Å². The molecule has 0 aliphatic carbocycles. The maximum absolute atomic E-state index is 11.9. The zero-order valence-corrected chi connectivity index (χ0v) is 13.9. The lowest BCUT2D eigenvalue weighted by atomic mass is 10.2. The molecule has 0 saturated carbocycles. The third-order valence-electron chi connectivity index (χ3n) is 2.83. The van der Waals surface area contributed by atoms with Crippen LogP contribution in [0.5, 0.6) is 0 Å². The van der Waals surface area contributed by atoms with Crippen molar-refractivity contribution in [1.82, 2.24) is 5.32 Å². The number of carbonyl (C=O) groups is 1. The van der Waals surface area contributed by atoms with Crippen molar-refractivity contribution in [1.29, 1.82) is 0 Å². The van der Waals surface area contributed by atoms with Crippen LogP contribution in [0.2, 0.25) is 5.02 Å². The van der Waals surface area contributed by atoms with E-state index in [0.717, 1.165) is 12.7 Å². The highest BCUT2D eigenvalue weighted by molar-refractivity contribution is 7.92. The molecule has 0 aliphatic heterocycles. The van der Waals surface area contributed by atoms with Crippen LogP contribution in [0.25, 0.3) is 0 Å². The highest BCUT2D eigenvalue weighted by Gasteiger charge is 2.17. The Kier molecular flexibility index (Phi) is 6.98. The number of anilines is 1. The second kappa shape index (κ2) is 8.24. The predicted octanol–water partition coefficient (Wildman–Crippen LogP) is 2.41. The van der Waals surface area contributed by atoms with Gasteiger partial charge in [0.05, 0.1) is 11.9 Å². The van der Waals surface area contributed by atoms with Crippen molar-refractivity contribution in [2.45, 2.75) is 26.2 Å². The largest absolute Gasteiger partial charge is 0.356 e. The van der Waals surface area contributed by atoms with E-state index in [-0.39, 0.29) is 12.5 Å². The summed E-state index contributed by atoms with van der Waals surface area (Å²) in [5.41, 5.74) is 0.513. The van der Waals surface area contributed by atoms with Crippen LogP contribution in [-0.4, -0.2) is 33.7 Å². The van der Waals surface area contributed by atoms with Gasteiger partial charge in [0.15, 0.2) is 0 Å². The van der Waals surface area contributed by atoms with Gasteiger partial charge in [0.2, 0.25) is 15.9 Å². The minimum Gasteiger partial charge on any atom is -0.356 e. The first-order valence-corrected chi connectivity index (χ1v) is 9.07. The summed E-state index contributed by atoms with van der Waals surface area (Å²) in [6.07, 6.45) is 2.77. The summed E-state index contributed by atoms with van der Waals surface area (Å²) in [6, 6.07) is 6.66. The first kappa shape index (κ1) is 17.8. The molecule has 21 heavy (non-hydrogen) atoms. The number of hydrogen-bond acceptors (Lipinski definition) is 3. The van der Waals surface area contributed by atoms with Gasteiger partial charge in [-0.1, -0.05) is 24.6 Å². The van der Waals surface area contributed by atoms with Gasteiger partial charge in [-0.25, -0.2) is 8.42 Å². The van der Waals surface area contributed by atoms with Gasteiger partial charge in [0.25, 0.3) is 0 Å². The molecule has 1 rings (SSSR count). The molecule has 0 unspecified atom stereocenters. The van der Waals surface area contributed by atoms with Crippen molar-refractivity contribution >= 4 is 33.2 Å². The Morgan fingerprint density at radius 2 is 2.10 bits per heavy atom. The third-order valence-corrected chi connectivity index (χ3v) is 4.26. The molecule has 5 nitrogen and oxygen atoms in total. The summed E-state index contributed by atoms with van der Waals surface area (Å²) in [4.78, 5) is 11.5. The Bertz CT molecular complexity index is 575. The summed E-state index contributed by atoms with van der Waals surface area (Å²) in [6.45, 7) is 2.87. The summed E-state index contributed by atoms with van der Waals surface area (Å²) >= 11 is 5.90. The maximum atomic E-state index is 11.9. The van der Waals surface area contributed by atoms with Crippen molar-refractivity contribution in [3.63, 3.8) is 0 Å². The number of halogens is 1. The van der Waals surface area contributed by atoms with E-state index in [9.17, 15) is 13.2 Å². The topological polar surface area (TPSA) is 66.5 Å². The normalized spacial score (nSPS) is 11.2. The first-order valence-electron chi connectivity index (χ1n) is 6.84. The molecule has 0 aliphatic rings. The fourth-order valence-electron chi connectivity index (χ4n) is 1.85. The second-order valence-corrected chi connectivity index (χ2v) is 7.11. The van der Waals surface area contributed by atoms with Crippen LogP contribution in [0.4, 0.5) is 5.69 Å². The monoisotopic (exact) mass is 332 g/mol. The molecule has 1 aromatic rings. The molecule has 0 bridgehead atoms. The zero-order chi connectivity index (χ0) is 15.9. The van der Waals surface area contributed by atoms with E-state index in [4.69, 9.17) is 11.6 Å². The average molecular weight is 333 g/mol. The van der Waals surface area contributed by atoms with Crippen molar-refractivity contribution in [2.75, 3.05) is 23.7 Å². The number of amides is 1. The molecule has 0 heterocycles. The molecule has 0 aromatic heterocycles. The molecule has 1 aromatic carbocycles. The van der Waals surface area contributed by atoms with Gasteiger partial charge in [0.1, 0.15) is 0 Å². The molecular weight excluding hydrogens is 312 g/mol. The number of hydrogen-bond donors (Lipinski definition) is 1. The number of sulfonamides is 1.